The highest BCUT2D eigenvalue weighted by atomic mass is 16.5. The largest absolute Gasteiger partial charge is 0.457 e. The molecule has 1 atom stereocenters. The van der Waals surface area contributed by atoms with Crippen LogP contribution in [-0.4, -0.2) is 29.9 Å². The number of para-hydroxylation sites is 6. The van der Waals surface area contributed by atoms with Gasteiger partial charge in [0, 0.05) is 82.7 Å². The summed E-state index contributed by atoms with van der Waals surface area (Å²) in [6.07, 6.45) is 0. The maximum absolute atomic E-state index is 7.46. The third-order valence-corrected chi connectivity index (χ3v) is 22.5. The lowest BCUT2D eigenvalue weighted by Gasteiger charge is -2.40. The molecule has 0 radical (unpaired) electrons. The number of hydrogen-bond acceptors (Lipinski definition) is 10. The zero-order valence-corrected chi connectivity index (χ0v) is 57.6. The molecule has 10 nitrogen and oxygen atoms in total. The Kier molecular flexibility index (Phi) is 12.8. The van der Waals surface area contributed by atoms with Crippen molar-refractivity contribution in [1.82, 2.24) is 29.9 Å². The predicted octanol–water partition coefficient (Wildman–Crippen LogP) is 24.1. The standard InChI is InChI=1S/C98H56N6O4/c1-4-24-57(25-5-1)91-99-92(58-26-6-2-7-27-58)101-94(100-91)63-32-20-30-60(50-63)61-48-49-74-69(52-61)70-55-87-71(66-34-10-15-43-82(66)105-87)53-80(70)97(74)77-40-14-19-47-86(77)108-90-65(36-22-42-79(90)97)62-31-21-33-64(51-62)95-102-93(59-28-8-3-9-29-59)103-96(104-95)68-37-23-41-78-89(68)73-56-88-72(67-35-11-16-44-83(67)106-88)54-81(73)98(78)75-38-12-17-45-84(75)107-85-46-18-13-39-76(85)98/h1-56H. The fraction of sp³-hybridized carbons (Fsp3) is 0.0204. The van der Waals surface area contributed by atoms with Crippen molar-refractivity contribution >= 4 is 43.9 Å². The molecule has 2 aliphatic carbocycles. The summed E-state index contributed by atoms with van der Waals surface area (Å²) in [7, 11) is 0. The average Bonchev–Trinajstić information content (AvgIpc) is 1.50. The summed E-state index contributed by atoms with van der Waals surface area (Å²) in [5.41, 5.74) is 23.7. The zero-order valence-electron chi connectivity index (χ0n) is 57.6. The van der Waals surface area contributed by atoms with Gasteiger partial charge in [-0.1, -0.05) is 267 Å². The van der Waals surface area contributed by atoms with Crippen LogP contribution in [0.4, 0.5) is 0 Å². The normalized spacial score (nSPS) is 14.4. The van der Waals surface area contributed by atoms with E-state index in [4.69, 9.17) is 48.2 Å². The number of aromatic nitrogens is 6. The predicted molar refractivity (Wildman–Crippen MR) is 426 cm³/mol. The van der Waals surface area contributed by atoms with Gasteiger partial charge in [-0.15, -0.1) is 0 Å². The van der Waals surface area contributed by atoms with Gasteiger partial charge in [0.25, 0.3) is 0 Å². The van der Waals surface area contributed by atoms with Crippen molar-refractivity contribution in [2.24, 2.45) is 0 Å². The lowest BCUT2D eigenvalue weighted by atomic mass is 9.65. The first-order valence-electron chi connectivity index (χ1n) is 36.4. The molecule has 108 heavy (non-hydrogen) atoms. The average molecular weight is 1380 g/mol. The second-order valence-corrected chi connectivity index (χ2v) is 28.2. The van der Waals surface area contributed by atoms with Crippen molar-refractivity contribution in [3.63, 3.8) is 0 Å². The fourth-order valence-corrected chi connectivity index (χ4v) is 17.9. The molecule has 0 saturated heterocycles. The summed E-state index contributed by atoms with van der Waals surface area (Å²) in [4.78, 5) is 31.8. The highest BCUT2D eigenvalue weighted by Gasteiger charge is 2.54. The second-order valence-electron chi connectivity index (χ2n) is 28.2. The van der Waals surface area contributed by atoms with Gasteiger partial charge in [0.1, 0.15) is 45.3 Å². The van der Waals surface area contributed by atoms with E-state index in [1.807, 2.05) is 97.1 Å². The van der Waals surface area contributed by atoms with Crippen LogP contribution in [0.2, 0.25) is 0 Å². The molecule has 2 aliphatic heterocycles. The molecule has 0 fully saturated rings. The van der Waals surface area contributed by atoms with Gasteiger partial charge >= 0.3 is 0 Å². The Morgan fingerprint density at radius 3 is 1.16 bits per heavy atom. The van der Waals surface area contributed by atoms with Gasteiger partial charge in [0.05, 0.1) is 10.8 Å². The Morgan fingerprint density at radius 2 is 0.583 bits per heavy atom. The quantitative estimate of drug-likeness (QED) is 0.145. The summed E-state index contributed by atoms with van der Waals surface area (Å²) < 4.78 is 27.9. The molecule has 6 heterocycles. The van der Waals surface area contributed by atoms with E-state index < -0.39 is 10.8 Å². The molecule has 0 saturated carbocycles. The summed E-state index contributed by atoms with van der Waals surface area (Å²) in [5, 5.41) is 4.19. The Hall–Kier alpha value is -14.5. The van der Waals surface area contributed by atoms with E-state index >= 15 is 0 Å². The summed E-state index contributed by atoms with van der Waals surface area (Å²) >= 11 is 0. The van der Waals surface area contributed by atoms with Gasteiger partial charge in [0.2, 0.25) is 0 Å². The van der Waals surface area contributed by atoms with Crippen LogP contribution in [0.1, 0.15) is 44.5 Å². The van der Waals surface area contributed by atoms with Crippen LogP contribution < -0.4 is 9.47 Å². The first-order chi connectivity index (χ1) is 53.5. The summed E-state index contributed by atoms with van der Waals surface area (Å²) in [6, 6.07) is 119. The van der Waals surface area contributed by atoms with E-state index in [-0.39, 0.29) is 0 Å². The lowest BCUT2D eigenvalue weighted by Crippen LogP contribution is -2.32. The minimum atomic E-state index is -0.867. The second kappa shape index (κ2) is 23.0. The minimum absolute atomic E-state index is 0.520. The van der Waals surface area contributed by atoms with E-state index in [0.717, 1.165) is 189 Å². The third kappa shape index (κ3) is 8.70. The van der Waals surface area contributed by atoms with E-state index in [1.165, 1.54) is 0 Å². The van der Waals surface area contributed by atoms with Crippen LogP contribution in [0.25, 0.3) is 157 Å². The van der Waals surface area contributed by atoms with Crippen molar-refractivity contribution in [2.45, 2.75) is 10.8 Å². The number of rotatable bonds is 8. The Bertz CT molecular complexity index is 6930. The molecular weight excluding hydrogens is 1330 g/mol. The van der Waals surface area contributed by atoms with Crippen LogP contribution in [0.5, 0.6) is 23.0 Å². The first kappa shape index (κ1) is 60.0. The van der Waals surface area contributed by atoms with Crippen LogP contribution >= 0.6 is 0 Å². The maximum atomic E-state index is 7.46. The van der Waals surface area contributed by atoms with E-state index in [9.17, 15) is 0 Å². The SMILES string of the molecule is c1ccc(-c2nc(-c3ccccc3)nc(-c3cccc(-c4ccc5c(c4)-c4cc6oc7ccccc7c6cc4C54c5ccccc5Oc5c(-c6cccc(-c7nc(-c8ccccc8)nc(-c8cccc9c8-c8cc%10oc%11ccccc%11c%10cc8C98c9ccccc9Oc9ccccc98)n7)c6)cccc54)c3)n2)cc1. The lowest BCUT2D eigenvalue weighted by molar-refractivity contribution is 0.436. The molecule has 15 aromatic carbocycles. The molecule has 0 amide bonds. The number of ether oxygens (including phenoxy) is 2. The maximum Gasteiger partial charge on any atom is 0.164 e. The Balaban J connectivity index is 0.697. The van der Waals surface area contributed by atoms with Gasteiger partial charge in [-0.05, 0) is 134 Å². The fourth-order valence-electron chi connectivity index (χ4n) is 17.9. The van der Waals surface area contributed by atoms with Crippen LogP contribution in [0, 0.1) is 0 Å². The van der Waals surface area contributed by atoms with Gasteiger partial charge in [-0.25, -0.2) is 29.9 Å². The molecule has 1 unspecified atom stereocenters. The number of benzene rings is 15. The molecule has 0 bridgehead atoms. The topological polar surface area (TPSA) is 122 Å². The van der Waals surface area contributed by atoms with Crippen LogP contribution in [0.3, 0.4) is 0 Å². The summed E-state index contributed by atoms with van der Waals surface area (Å²) in [6.45, 7) is 0. The highest BCUT2D eigenvalue weighted by Crippen LogP contribution is 2.67. The Labute approximate surface area is 619 Å². The van der Waals surface area contributed by atoms with Crippen molar-refractivity contribution in [1.29, 1.82) is 0 Å². The van der Waals surface area contributed by atoms with E-state index in [1.54, 1.807) is 0 Å². The van der Waals surface area contributed by atoms with Gasteiger partial charge in [-0.3, -0.25) is 0 Å². The van der Waals surface area contributed by atoms with Crippen molar-refractivity contribution in [2.75, 3.05) is 0 Å². The molecule has 2 spiro atoms. The molecule has 4 aromatic heterocycles. The van der Waals surface area contributed by atoms with Gasteiger partial charge < -0.3 is 18.3 Å². The third-order valence-electron chi connectivity index (χ3n) is 22.5. The molecule has 19 aromatic rings. The first-order valence-corrected chi connectivity index (χ1v) is 36.4. The van der Waals surface area contributed by atoms with Gasteiger partial charge in [0.15, 0.2) is 34.9 Å². The van der Waals surface area contributed by atoms with Gasteiger partial charge in [-0.2, -0.15) is 0 Å². The van der Waals surface area contributed by atoms with Crippen molar-refractivity contribution in [3.05, 3.63) is 384 Å². The number of fused-ring (bicyclic) bond motifs is 24. The van der Waals surface area contributed by atoms with Crippen LogP contribution in [-0.2, 0) is 10.8 Å². The van der Waals surface area contributed by atoms with E-state index in [2.05, 4.69) is 243 Å². The molecule has 502 valence electrons. The zero-order chi connectivity index (χ0) is 70.8. The monoisotopic (exact) mass is 1380 g/mol. The van der Waals surface area contributed by atoms with Crippen molar-refractivity contribution < 1.29 is 18.3 Å². The molecule has 23 rings (SSSR count). The van der Waals surface area contributed by atoms with Crippen molar-refractivity contribution in [3.8, 4) is 136 Å². The summed E-state index contributed by atoms with van der Waals surface area (Å²) in [5.74, 6) is 6.54. The number of hydrogen-bond donors (Lipinski definition) is 0. The highest BCUT2D eigenvalue weighted by molar-refractivity contribution is 6.11. The Morgan fingerprint density at radius 1 is 0.194 bits per heavy atom. The smallest absolute Gasteiger partial charge is 0.164 e. The number of furan rings is 2. The number of nitrogens with zero attached hydrogens (tertiary/aromatic N) is 6. The van der Waals surface area contributed by atoms with Crippen LogP contribution in [0.15, 0.2) is 349 Å². The molecule has 0 N–H and O–H groups in total. The van der Waals surface area contributed by atoms with E-state index in [0.29, 0.717) is 34.9 Å². The molecular formula is C98H56N6O4. The molecule has 10 heteroatoms. The molecule has 4 aliphatic rings. The minimum Gasteiger partial charge on any atom is -0.457 e.